The van der Waals surface area contributed by atoms with Crippen molar-refractivity contribution < 1.29 is 4.74 Å². The monoisotopic (exact) mass is 322 g/mol. The lowest BCUT2D eigenvalue weighted by Crippen LogP contribution is -2.01. The molecule has 124 valence electrons. The predicted molar refractivity (Wildman–Crippen MR) is 98.7 cm³/mol. The molecule has 24 heavy (non-hydrogen) atoms. The summed E-state index contributed by atoms with van der Waals surface area (Å²) >= 11 is 0. The van der Waals surface area contributed by atoms with E-state index in [0.717, 1.165) is 35.4 Å². The van der Waals surface area contributed by atoms with Crippen molar-refractivity contribution in [3.63, 3.8) is 0 Å². The number of aromatic amines is 1. The van der Waals surface area contributed by atoms with E-state index in [2.05, 4.69) is 34.3 Å². The van der Waals surface area contributed by atoms with Crippen molar-refractivity contribution in [2.75, 3.05) is 12.0 Å². The molecule has 0 spiro atoms. The third kappa shape index (κ3) is 4.35. The maximum Gasteiger partial charge on any atom is 0.222 e. The molecule has 5 nitrogen and oxygen atoms in total. The highest BCUT2D eigenvalue weighted by molar-refractivity contribution is 5.81. The molecule has 0 aliphatic rings. The summed E-state index contributed by atoms with van der Waals surface area (Å²) in [6.07, 6.45) is 2.82. The van der Waals surface area contributed by atoms with E-state index in [4.69, 9.17) is 4.74 Å². The summed E-state index contributed by atoms with van der Waals surface area (Å²) < 4.78 is 5.70. The highest BCUT2D eigenvalue weighted by Crippen LogP contribution is 2.14. The Bertz CT molecular complexity index is 773. The van der Waals surface area contributed by atoms with Gasteiger partial charge in [-0.25, -0.2) is 10.4 Å². The molecule has 0 unspecified atom stereocenters. The minimum atomic E-state index is 0.626. The Kier molecular flexibility index (Phi) is 5.11. The maximum atomic E-state index is 5.70. The highest BCUT2D eigenvalue weighted by atomic mass is 16.5. The second-order valence-electron chi connectivity index (χ2n) is 6.07. The Morgan fingerprint density at radius 2 is 1.96 bits per heavy atom. The minimum Gasteiger partial charge on any atom is -0.494 e. The number of benzene rings is 2. The van der Waals surface area contributed by atoms with Crippen molar-refractivity contribution in [1.29, 1.82) is 0 Å². The Hall–Kier alpha value is -2.82. The SMILES string of the molecule is CC(C)CCOc1ccc(/C=N\Nc2nc3ccccc3[nH]2)cc1. The number of anilines is 1. The first-order chi connectivity index (χ1) is 11.7. The Balaban J connectivity index is 1.54. The second kappa shape index (κ2) is 7.64. The number of aromatic nitrogens is 2. The van der Waals surface area contributed by atoms with Gasteiger partial charge < -0.3 is 9.72 Å². The molecule has 1 aromatic heterocycles. The van der Waals surface area contributed by atoms with Gasteiger partial charge in [0.1, 0.15) is 5.75 Å². The fourth-order valence-corrected chi connectivity index (χ4v) is 2.24. The topological polar surface area (TPSA) is 62.3 Å². The highest BCUT2D eigenvalue weighted by Gasteiger charge is 2.00. The van der Waals surface area contributed by atoms with Gasteiger partial charge in [0.2, 0.25) is 5.95 Å². The van der Waals surface area contributed by atoms with Crippen LogP contribution in [0.3, 0.4) is 0 Å². The lowest BCUT2D eigenvalue weighted by molar-refractivity contribution is 0.289. The summed E-state index contributed by atoms with van der Waals surface area (Å²) in [5.41, 5.74) is 5.81. The molecule has 0 amide bonds. The fraction of sp³-hybridized carbons (Fsp3) is 0.263. The number of para-hydroxylation sites is 2. The molecule has 0 saturated carbocycles. The second-order valence-corrected chi connectivity index (χ2v) is 6.07. The van der Waals surface area contributed by atoms with E-state index in [1.807, 2.05) is 48.5 Å². The Morgan fingerprint density at radius 3 is 2.71 bits per heavy atom. The van der Waals surface area contributed by atoms with Gasteiger partial charge in [0.05, 0.1) is 23.9 Å². The van der Waals surface area contributed by atoms with Gasteiger partial charge in [-0.05, 0) is 54.3 Å². The standard InChI is InChI=1S/C19H22N4O/c1-14(2)11-12-24-16-9-7-15(8-10-16)13-20-23-19-21-17-5-3-4-6-18(17)22-19/h3-10,13-14H,11-12H2,1-2H3,(H2,21,22,23)/b20-13-. The number of hydrogen-bond acceptors (Lipinski definition) is 4. The number of rotatable bonds is 7. The Labute approximate surface area is 141 Å². The van der Waals surface area contributed by atoms with Gasteiger partial charge in [-0.15, -0.1) is 0 Å². The smallest absolute Gasteiger partial charge is 0.222 e. The number of hydrazone groups is 1. The Morgan fingerprint density at radius 1 is 1.17 bits per heavy atom. The lowest BCUT2D eigenvalue weighted by atomic mass is 10.1. The van der Waals surface area contributed by atoms with E-state index >= 15 is 0 Å². The minimum absolute atomic E-state index is 0.626. The number of ether oxygens (including phenoxy) is 1. The number of H-pyrrole nitrogens is 1. The number of imidazole rings is 1. The van der Waals surface area contributed by atoms with E-state index in [1.165, 1.54) is 0 Å². The summed E-state index contributed by atoms with van der Waals surface area (Å²) in [5.74, 6) is 2.17. The van der Waals surface area contributed by atoms with Gasteiger partial charge in [0, 0.05) is 0 Å². The molecule has 0 aliphatic heterocycles. The first-order valence-corrected chi connectivity index (χ1v) is 8.17. The third-order valence-corrected chi connectivity index (χ3v) is 3.62. The van der Waals surface area contributed by atoms with Gasteiger partial charge in [-0.2, -0.15) is 5.10 Å². The molecule has 0 fully saturated rings. The van der Waals surface area contributed by atoms with E-state index in [-0.39, 0.29) is 0 Å². The van der Waals surface area contributed by atoms with E-state index in [1.54, 1.807) is 6.21 Å². The van der Waals surface area contributed by atoms with Crippen LogP contribution in [0.1, 0.15) is 25.8 Å². The molecule has 1 heterocycles. The van der Waals surface area contributed by atoms with Crippen molar-refractivity contribution in [2.24, 2.45) is 11.0 Å². The van der Waals surface area contributed by atoms with Crippen LogP contribution in [0.2, 0.25) is 0 Å². The average molecular weight is 322 g/mol. The van der Waals surface area contributed by atoms with Gasteiger partial charge in [0.15, 0.2) is 0 Å². The quantitative estimate of drug-likeness (QED) is 0.499. The summed E-state index contributed by atoms with van der Waals surface area (Å²) in [4.78, 5) is 7.57. The van der Waals surface area contributed by atoms with Gasteiger partial charge >= 0.3 is 0 Å². The normalized spacial score (nSPS) is 11.5. The molecule has 0 aliphatic carbocycles. The molecule has 0 radical (unpaired) electrons. The summed E-state index contributed by atoms with van der Waals surface area (Å²) in [6.45, 7) is 5.13. The largest absolute Gasteiger partial charge is 0.494 e. The van der Waals surface area contributed by atoms with Crippen LogP contribution >= 0.6 is 0 Å². The summed E-state index contributed by atoms with van der Waals surface area (Å²) in [5, 5.41) is 4.21. The molecule has 3 aromatic rings. The molecular weight excluding hydrogens is 300 g/mol. The fourth-order valence-electron chi connectivity index (χ4n) is 2.24. The van der Waals surface area contributed by atoms with Crippen LogP contribution in [0.25, 0.3) is 11.0 Å². The first-order valence-electron chi connectivity index (χ1n) is 8.17. The van der Waals surface area contributed by atoms with Crippen molar-refractivity contribution in [3.05, 3.63) is 54.1 Å². The molecule has 5 heteroatoms. The average Bonchev–Trinajstić information content (AvgIpc) is 2.99. The van der Waals surface area contributed by atoms with Gasteiger partial charge in [0.25, 0.3) is 0 Å². The molecular formula is C19H22N4O. The number of nitrogens with zero attached hydrogens (tertiary/aromatic N) is 2. The zero-order chi connectivity index (χ0) is 16.8. The summed E-state index contributed by atoms with van der Waals surface area (Å²) in [7, 11) is 0. The molecule has 3 rings (SSSR count). The lowest BCUT2D eigenvalue weighted by Gasteiger charge is -2.07. The zero-order valence-corrected chi connectivity index (χ0v) is 14.0. The third-order valence-electron chi connectivity index (χ3n) is 3.62. The van der Waals surface area contributed by atoms with Crippen LogP contribution in [0.4, 0.5) is 5.95 Å². The van der Waals surface area contributed by atoms with Crippen LogP contribution in [-0.2, 0) is 0 Å². The van der Waals surface area contributed by atoms with Crippen LogP contribution in [-0.4, -0.2) is 22.8 Å². The van der Waals surface area contributed by atoms with Crippen LogP contribution in [0.15, 0.2) is 53.6 Å². The molecule has 0 atom stereocenters. The van der Waals surface area contributed by atoms with E-state index in [9.17, 15) is 0 Å². The molecule has 0 bridgehead atoms. The first kappa shape index (κ1) is 16.1. The van der Waals surface area contributed by atoms with Gasteiger partial charge in [-0.3, -0.25) is 0 Å². The van der Waals surface area contributed by atoms with Crippen molar-refractivity contribution in [1.82, 2.24) is 9.97 Å². The van der Waals surface area contributed by atoms with E-state index < -0.39 is 0 Å². The van der Waals surface area contributed by atoms with Crippen molar-refractivity contribution >= 4 is 23.2 Å². The molecule has 2 N–H and O–H groups in total. The van der Waals surface area contributed by atoms with Crippen LogP contribution in [0, 0.1) is 5.92 Å². The number of hydrogen-bond donors (Lipinski definition) is 2. The summed E-state index contributed by atoms with van der Waals surface area (Å²) in [6, 6.07) is 15.8. The van der Waals surface area contributed by atoms with Crippen molar-refractivity contribution in [2.45, 2.75) is 20.3 Å². The molecule has 2 aromatic carbocycles. The number of fused-ring (bicyclic) bond motifs is 1. The van der Waals surface area contributed by atoms with Crippen molar-refractivity contribution in [3.8, 4) is 5.75 Å². The predicted octanol–water partition coefficient (Wildman–Crippen LogP) is 4.43. The van der Waals surface area contributed by atoms with Crippen LogP contribution in [0.5, 0.6) is 5.75 Å². The maximum absolute atomic E-state index is 5.70. The van der Waals surface area contributed by atoms with Gasteiger partial charge in [-0.1, -0.05) is 26.0 Å². The number of nitrogens with one attached hydrogen (secondary N) is 2. The molecule has 0 saturated heterocycles. The van der Waals surface area contributed by atoms with E-state index in [0.29, 0.717) is 11.9 Å². The zero-order valence-electron chi connectivity index (χ0n) is 14.0. The van der Waals surface area contributed by atoms with Crippen LogP contribution < -0.4 is 10.2 Å².